The molecule has 2 heteroatoms. The lowest BCUT2D eigenvalue weighted by Gasteiger charge is -2.20. The highest BCUT2D eigenvalue weighted by Crippen LogP contribution is 2.36. The lowest BCUT2D eigenvalue weighted by molar-refractivity contribution is -0.120. The maximum absolute atomic E-state index is 11.4. The molecule has 1 saturated carbocycles. The fourth-order valence-electron chi connectivity index (χ4n) is 3.28. The number of nitrogens with zero attached hydrogens (tertiary/aromatic N) is 1. The molecule has 1 fully saturated rings. The van der Waals surface area contributed by atoms with E-state index in [1.807, 2.05) is 0 Å². The molecular weight excluding hydrogens is 222 g/mol. The molecule has 0 unspecified atom stereocenters. The SMILES string of the molecule is Cc1cccc2c(C3CCC(=O)CC3)cn(C)c12. The molecule has 3 rings (SSSR count). The Balaban J connectivity index is 2.07. The Bertz CT molecular complexity index is 599. The number of carbonyl (C=O) groups is 1. The number of benzene rings is 1. The van der Waals surface area contributed by atoms with E-state index in [0.717, 1.165) is 25.7 Å². The molecule has 1 heterocycles. The summed E-state index contributed by atoms with van der Waals surface area (Å²) in [6.45, 7) is 2.16. The molecule has 0 amide bonds. The lowest BCUT2D eigenvalue weighted by Crippen LogP contribution is -2.12. The van der Waals surface area contributed by atoms with E-state index in [2.05, 4.69) is 42.9 Å². The molecule has 0 spiro atoms. The van der Waals surface area contributed by atoms with E-state index in [1.165, 1.54) is 22.0 Å². The van der Waals surface area contributed by atoms with Gasteiger partial charge in [0.2, 0.25) is 0 Å². The van der Waals surface area contributed by atoms with Gasteiger partial charge in [0, 0.05) is 31.5 Å². The summed E-state index contributed by atoms with van der Waals surface area (Å²) in [5.41, 5.74) is 4.10. The zero-order chi connectivity index (χ0) is 12.7. The van der Waals surface area contributed by atoms with Crippen LogP contribution in [0.2, 0.25) is 0 Å². The van der Waals surface area contributed by atoms with Crippen LogP contribution in [0, 0.1) is 6.92 Å². The van der Waals surface area contributed by atoms with Crippen LogP contribution in [0.15, 0.2) is 24.4 Å². The Morgan fingerprint density at radius 2 is 1.94 bits per heavy atom. The second-order valence-corrected chi connectivity index (χ2v) is 5.48. The van der Waals surface area contributed by atoms with Crippen molar-refractivity contribution in [3.63, 3.8) is 0 Å². The van der Waals surface area contributed by atoms with E-state index in [-0.39, 0.29) is 0 Å². The van der Waals surface area contributed by atoms with Crippen LogP contribution >= 0.6 is 0 Å². The number of Topliss-reactive ketones (excluding diaryl/α,β-unsaturated/α-hetero) is 1. The van der Waals surface area contributed by atoms with E-state index >= 15 is 0 Å². The van der Waals surface area contributed by atoms with Crippen LogP contribution in [-0.2, 0) is 11.8 Å². The van der Waals surface area contributed by atoms with Crippen molar-refractivity contribution in [1.82, 2.24) is 4.57 Å². The van der Waals surface area contributed by atoms with Gasteiger partial charge < -0.3 is 4.57 Å². The monoisotopic (exact) mass is 241 g/mol. The second-order valence-electron chi connectivity index (χ2n) is 5.48. The third-order valence-corrected chi connectivity index (χ3v) is 4.22. The van der Waals surface area contributed by atoms with E-state index in [4.69, 9.17) is 0 Å². The third-order valence-electron chi connectivity index (χ3n) is 4.22. The molecule has 18 heavy (non-hydrogen) atoms. The molecule has 1 aliphatic rings. The van der Waals surface area contributed by atoms with Crippen LogP contribution in [0.4, 0.5) is 0 Å². The minimum Gasteiger partial charge on any atom is -0.350 e. The molecule has 2 aromatic rings. The van der Waals surface area contributed by atoms with Gasteiger partial charge in [-0.25, -0.2) is 0 Å². The molecule has 0 aliphatic heterocycles. The van der Waals surface area contributed by atoms with Gasteiger partial charge in [0.05, 0.1) is 5.52 Å². The number of fused-ring (bicyclic) bond motifs is 1. The molecular formula is C16H19NO. The quantitative estimate of drug-likeness (QED) is 0.746. The van der Waals surface area contributed by atoms with Crippen molar-refractivity contribution >= 4 is 16.7 Å². The number of aryl methyl sites for hydroxylation is 2. The standard InChI is InChI=1S/C16H19NO/c1-11-4-3-5-14-15(10-17(2)16(11)14)12-6-8-13(18)9-7-12/h3-5,10,12H,6-9H2,1-2H3. The van der Waals surface area contributed by atoms with Crippen molar-refractivity contribution in [1.29, 1.82) is 0 Å². The van der Waals surface area contributed by atoms with Crippen molar-refractivity contribution in [3.8, 4) is 0 Å². The summed E-state index contributed by atoms with van der Waals surface area (Å²) in [4.78, 5) is 11.4. The van der Waals surface area contributed by atoms with E-state index in [1.54, 1.807) is 0 Å². The van der Waals surface area contributed by atoms with Crippen molar-refractivity contribution in [2.45, 2.75) is 38.5 Å². The summed E-state index contributed by atoms with van der Waals surface area (Å²) in [7, 11) is 2.12. The third kappa shape index (κ3) is 1.76. The second kappa shape index (κ2) is 4.27. The average Bonchev–Trinajstić information content (AvgIpc) is 2.69. The molecule has 0 atom stereocenters. The van der Waals surface area contributed by atoms with Crippen LogP contribution in [0.5, 0.6) is 0 Å². The van der Waals surface area contributed by atoms with Gasteiger partial charge in [0.15, 0.2) is 0 Å². The minimum atomic E-state index is 0.433. The Labute approximate surface area is 108 Å². The zero-order valence-electron chi connectivity index (χ0n) is 11.1. The van der Waals surface area contributed by atoms with Crippen LogP contribution in [0.1, 0.15) is 42.7 Å². The molecule has 0 N–H and O–H groups in total. The average molecular weight is 241 g/mol. The topological polar surface area (TPSA) is 22.0 Å². The first kappa shape index (κ1) is 11.5. The van der Waals surface area contributed by atoms with Crippen molar-refractivity contribution in [2.75, 3.05) is 0 Å². The predicted octanol–water partition coefficient (Wildman–Crippen LogP) is 3.71. The highest BCUT2D eigenvalue weighted by atomic mass is 16.1. The molecule has 1 aromatic heterocycles. The number of hydrogen-bond acceptors (Lipinski definition) is 1. The number of rotatable bonds is 1. The maximum atomic E-state index is 11.4. The van der Waals surface area contributed by atoms with Gasteiger partial charge in [-0.3, -0.25) is 4.79 Å². The normalized spacial score (nSPS) is 17.6. The number of ketones is 1. The van der Waals surface area contributed by atoms with E-state index < -0.39 is 0 Å². The van der Waals surface area contributed by atoms with Crippen LogP contribution in [-0.4, -0.2) is 10.4 Å². The fourth-order valence-corrected chi connectivity index (χ4v) is 3.28. The van der Waals surface area contributed by atoms with E-state index in [0.29, 0.717) is 11.7 Å². The molecule has 0 radical (unpaired) electrons. The minimum absolute atomic E-state index is 0.433. The summed E-state index contributed by atoms with van der Waals surface area (Å²) < 4.78 is 2.23. The summed E-state index contributed by atoms with van der Waals surface area (Å²) in [5, 5.41) is 1.37. The fraction of sp³-hybridized carbons (Fsp3) is 0.438. The van der Waals surface area contributed by atoms with Gasteiger partial charge in [-0.1, -0.05) is 18.2 Å². The van der Waals surface area contributed by atoms with Gasteiger partial charge >= 0.3 is 0 Å². The maximum Gasteiger partial charge on any atom is 0.132 e. The molecule has 0 saturated heterocycles. The Hall–Kier alpha value is -1.57. The van der Waals surface area contributed by atoms with Crippen LogP contribution in [0.25, 0.3) is 10.9 Å². The highest BCUT2D eigenvalue weighted by Gasteiger charge is 2.23. The first-order valence-electron chi connectivity index (χ1n) is 6.73. The summed E-state index contributed by atoms with van der Waals surface area (Å²) in [6.07, 6.45) is 5.82. The predicted molar refractivity (Wildman–Crippen MR) is 73.9 cm³/mol. The number of hydrogen-bond donors (Lipinski definition) is 0. The zero-order valence-corrected chi connectivity index (χ0v) is 11.1. The van der Waals surface area contributed by atoms with Gasteiger partial charge in [0.25, 0.3) is 0 Å². The lowest BCUT2D eigenvalue weighted by atomic mass is 9.83. The highest BCUT2D eigenvalue weighted by molar-refractivity contribution is 5.87. The molecule has 0 bridgehead atoms. The first-order valence-corrected chi connectivity index (χ1v) is 6.73. The molecule has 2 nitrogen and oxygen atoms in total. The summed E-state index contributed by atoms with van der Waals surface area (Å²) >= 11 is 0. The molecule has 94 valence electrons. The molecule has 1 aliphatic carbocycles. The van der Waals surface area contributed by atoms with Crippen molar-refractivity contribution < 1.29 is 4.79 Å². The Morgan fingerprint density at radius 1 is 1.22 bits per heavy atom. The number of aromatic nitrogens is 1. The Kier molecular flexibility index (Phi) is 2.73. The van der Waals surface area contributed by atoms with E-state index in [9.17, 15) is 4.79 Å². The summed E-state index contributed by atoms with van der Waals surface area (Å²) in [5.74, 6) is 0.996. The first-order chi connectivity index (χ1) is 8.66. The number of para-hydroxylation sites is 1. The van der Waals surface area contributed by atoms with Crippen LogP contribution < -0.4 is 0 Å². The van der Waals surface area contributed by atoms with Crippen LogP contribution in [0.3, 0.4) is 0 Å². The van der Waals surface area contributed by atoms with Crippen molar-refractivity contribution in [2.24, 2.45) is 7.05 Å². The van der Waals surface area contributed by atoms with Gasteiger partial charge in [-0.2, -0.15) is 0 Å². The van der Waals surface area contributed by atoms with Gasteiger partial charge in [0.1, 0.15) is 5.78 Å². The molecule has 1 aromatic carbocycles. The van der Waals surface area contributed by atoms with Gasteiger partial charge in [-0.15, -0.1) is 0 Å². The van der Waals surface area contributed by atoms with Crippen molar-refractivity contribution in [3.05, 3.63) is 35.5 Å². The van der Waals surface area contributed by atoms with Gasteiger partial charge in [-0.05, 0) is 36.8 Å². The Morgan fingerprint density at radius 3 is 2.67 bits per heavy atom. The smallest absolute Gasteiger partial charge is 0.132 e. The number of carbonyl (C=O) groups excluding carboxylic acids is 1. The summed E-state index contributed by atoms with van der Waals surface area (Å²) in [6, 6.07) is 6.51. The largest absolute Gasteiger partial charge is 0.350 e.